The lowest BCUT2D eigenvalue weighted by Crippen LogP contribution is -2.42. The summed E-state index contributed by atoms with van der Waals surface area (Å²) in [6.45, 7) is 2.39. The molecule has 0 saturated carbocycles. The number of nitrogens with zero attached hydrogens (tertiary/aromatic N) is 3. The first-order valence-corrected chi connectivity index (χ1v) is 9.10. The standard InChI is InChI=1S/C17H20N4O3S/c1-18-9-12-4-3-7-20(10-12)17(22)15-11-25-16(19-15)13-5-2-6-14(8-13)21(23)24/h2,5-6,8,11-12,18H,3-4,7,9-10H2,1H3. The number of carbonyl (C=O) groups is 1. The molecule has 8 heteroatoms. The third-order valence-corrected chi connectivity index (χ3v) is 5.22. The molecule has 2 heterocycles. The zero-order chi connectivity index (χ0) is 17.8. The van der Waals surface area contributed by atoms with Crippen molar-refractivity contribution in [3.8, 4) is 10.6 Å². The fourth-order valence-electron chi connectivity index (χ4n) is 3.12. The Hall–Kier alpha value is -2.32. The van der Waals surface area contributed by atoms with Crippen molar-refractivity contribution in [3.05, 3.63) is 45.5 Å². The zero-order valence-electron chi connectivity index (χ0n) is 14.0. The lowest BCUT2D eigenvalue weighted by molar-refractivity contribution is -0.384. The van der Waals surface area contributed by atoms with Crippen molar-refractivity contribution in [2.75, 3.05) is 26.7 Å². The number of thiazole rings is 1. The zero-order valence-corrected chi connectivity index (χ0v) is 14.8. The molecular formula is C17H20N4O3S. The maximum atomic E-state index is 12.7. The molecule has 1 unspecified atom stereocenters. The van der Waals surface area contributed by atoms with E-state index in [1.54, 1.807) is 17.5 Å². The lowest BCUT2D eigenvalue weighted by Gasteiger charge is -2.32. The first-order valence-electron chi connectivity index (χ1n) is 8.22. The molecule has 0 radical (unpaired) electrons. The van der Waals surface area contributed by atoms with E-state index < -0.39 is 4.92 Å². The number of carbonyl (C=O) groups excluding carboxylic acids is 1. The van der Waals surface area contributed by atoms with Gasteiger partial charge in [0.05, 0.1) is 4.92 Å². The first-order chi connectivity index (χ1) is 12.1. The molecule has 1 fully saturated rings. The summed E-state index contributed by atoms with van der Waals surface area (Å²) in [6, 6.07) is 6.32. The number of benzene rings is 1. The van der Waals surface area contributed by atoms with Crippen molar-refractivity contribution in [2.45, 2.75) is 12.8 Å². The predicted molar refractivity (Wildman–Crippen MR) is 96.8 cm³/mol. The SMILES string of the molecule is CNCC1CCCN(C(=O)c2csc(-c3cccc([N+](=O)[O-])c3)n2)C1. The highest BCUT2D eigenvalue weighted by molar-refractivity contribution is 7.13. The van der Waals surface area contributed by atoms with Gasteiger partial charge in [-0.25, -0.2) is 4.98 Å². The van der Waals surface area contributed by atoms with Crippen molar-refractivity contribution in [2.24, 2.45) is 5.92 Å². The topological polar surface area (TPSA) is 88.4 Å². The minimum Gasteiger partial charge on any atom is -0.337 e. The van der Waals surface area contributed by atoms with E-state index in [1.165, 1.54) is 23.5 Å². The van der Waals surface area contributed by atoms with Crippen molar-refractivity contribution in [1.82, 2.24) is 15.2 Å². The maximum absolute atomic E-state index is 12.7. The number of rotatable bonds is 5. The maximum Gasteiger partial charge on any atom is 0.273 e. The van der Waals surface area contributed by atoms with Crippen molar-refractivity contribution < 1.29 is 9.72 Å². The Morgan fingerprint density at radius 3 is 3.12 bits per heavy atom. The number of nitrogens with one attached hydrogen (secondary N) is 1. The van der Waals surface area contributed by atoms with E-state index in [2.05, 4.69) is 10.3 Å². The van der Waals surface area contributed by atoms with Crippen molar-refractivity contribution >= 4 is 22.9 Å². The molecule has 1 aromatic carbocycles. The molecule has 1 saturated heterocycles. The number of likely N-dealkylation sites (tertiary alicyclic amines) is 1. The van der Waals surface area contributed by atoms with Crippen LogP contribution in [-0.2, 0) is 0 Å². The average molecular weight is 360 g/mol. The highest BCUT2D eigenvalue weighted by Crippen LogP contribution is 2.28. The van der Waals surface area contributed by atoms with Gasteiger partial charge in [-0.05, 0) is 32.4 Å². The molecule has 1 aromatic heterocycles. The molecule has 1 amide bonds. The number of hydrogen-bond donors (Lipinski definition) is 1. The number of amides is 1. The first kappa shape index (κ1) is 17.5. The van der Waals surface area contributed by atoms with E-state index in [0.29, 0.717) is 22.2 Å². The minimum absolute atomic E-state index is 0.0199. The fourth-order valence-corrected chi connectivity index (χ4v) is 3.91. The van der Waals surface area contributed by atoms with Crippen LogP contribution in [0.1, 0.15) is 23.3 Å². The molecule has 1 aliphatic rings. The van der Waals surface area contributed by atoms with Crippen molar-refractivity contribution in [3.63, 3.8) is 0 Å². The second-order valence-electron chi connectivity index (χ2n) is 6.16. The lowest BCUT2D eigenvalue weighted by atomic mass is 9.98. The molecule has 25 heavy (non-hydrogen) atoms. The second kappa shape index (κ2) is 7.71. The van der Waals surface area contributed by atoms with Crippen LogP contribution in [0.15, 0.2) is 29.6 Å². The summed E-state index contributed by atoms with van der Waals surface area (Å²) in [5.41, 5.74) is 1.09. The Balaban J connectivity index is 1.75. The van der Waals surface area contributed by atoms with Gasteiger partial charge in [-0.3, -0.25) is 14.9 Å². The van der Waals surface area contributed by atoms with Gasteiger partial charge >= 0.3 is 0 Å². The van der Waals surface area contributed by atoms with Crippen LogP contribution in [0.2, 0.25) is 0 Å². The third kappa shape index (κ3) is 4.02. The minimum atomic E-state index is -0.432. The summed E-state index contributed by atoms with van der Waals surface area (Å²) in [7, 11) is 1.92. The number of nitro benzene ring substituents is 1. The van der Waals surface area contributed by atoms with Gasteiger partial charge in [0.2, 0.25) is 0 Å². The van der Waals surface area contributed by atoms with Gasteiger partial charge in [0.25, 0.3) is 11.6 Å². The number of piperidine rings is 1. The molecule has 1 atom stereocenters. The smallest absolute Gasteiger partial charge is 0.273 e. The van der Waals surface area contributed by atoms with Gasteiger partial charge in [0.15, 0.2) is 0 Å². The molecule has 7 nitrogen and oxygen atoms in total. The molecular weight excluding hydrogens is 340 g/mol. The number of non-ortho nitro benzene ring substituents is 1. The van der Waals surface area contributed by atoms with Gasteiger partial charge < -0.3 is 10.2 Å². The molecule has 1 N–H and O–H groups in total. The summed E-state index contributed by atoms with van der Waals surface area (Å²) >= 11 is 1.33. The van der Waals surface area contributed by atoms with Crippen LogP contribution < -0.4 is 5.32 Å². The van der Waals surface area contributed by atoms with E-state index in [9.17, 15) is 14.9 Å². The molecule has 2 aromatic rings. The number of hydrogen-bond acceptors (Lipinski definition) is 6. The van der Waals surface area contributed by atoms with Crippen LogP contribution >= 0.6 is 11.3 Å². The Morgan fingerprint density at radius 2 is 2.36 bits per heavy atom. The Bertz CT molecular complexity index is 775. The molecule has 0 spiro atoms. The van der Waals surface area contributed by atoms with Crippen LogP contribution in [0.5, 0.6) is 0 Å². The Morgan fingerprint density at radius 1 is 1.52 bits per heavy atom. The quantitative estimate of drug-likeness (QED) is 0.654. The second-order valence-corrected chi connectivity index (χ2v) is 7.02. The molecule has 0 bridgehead atoms. The van der Waals surface area contributed by atoms with E-state index in [1.807, 2.05) is 11.9 Å². The largest absolute Gasteiger partial charge is 0.337 e. The van der Waals surface area contributed by atoms with E-state index >= 15 is 0 Å². The number of nitro groups is 1. The number of aromatic nitrogens is 1. The molecule has 0 aliphatic carbocycles. The van der Waals surface area contributed by atoms with Gasteiger partial charge in [0, 0.05) is 36.2 Å². The molecule has 132 valence electrons. The van der Waals surface area contributed by atoms with Crippen LogP contribution in [0.4, 0.5) is 5.69 Å². The highest BCUT2D eigenvalue weighted by Gasteiger charge is 2.25. The monoisotopic (exact) mass is 360 g/mol. The summed E-state index contributed by atoms with van der Waals surface area (Å²) < 4.78 is 0. The predicted octanol–water partition coefficient (Wildman–Crippen LogP) is 2.79. The average Bonchev–Trinajstić information content (AvgIpc) is 3.12. The van der Waals surface area contributed by atoms with E-state index in [-0.39, 0.29) is 11.6 Å². The summed E-state index contributed by atoms with van der Waals surface area (Å²) in [5.74, 6) is 0.409. The summed E-state index contributed by atoms with van der Waals surface area (Å²) in [5, 5.41) is 16.4. The van der Waals surface area contributed by atoms with Crippen molar-refractivity contribution in [1.29, 1.82) is 0 Å². The van der Waals surface area contributed by atoms with E-state index in [0.717, 1.165) is 32.5 Å². The summed E-state index contributed by atoms with van der Waals surface area (Å²) in [4.78, 5) is 29.5. The van der Waals surface area contributed by atoms with Gasteiger partial charge in [-0.2, -0.15) is 0 Å². The van der Waals surface area contributed by atoms with Crippen LogP contribution in [-0.4, -0.2) is 47.4 Å². The van der Waals surface area contributed by atoms with Gasteiger partial charge in [-0.15, -0.1) is 11.3 Å². The highest BCUT2D eigenvalue weighted by atomic mass is 32.1. The molecule has 3 rings (SSSR count). The third-order valence-electron chi connectivity index (χ3n) is 4.33. The van der Waals surface area contributed by atoms with Crippen LogP contribution in [0.3, 0.4) is 0 Å². The normalized spacial score (nSPS) is 17.5. The van der Waals surface area contributed by atoms with Gasteiger partial charge in [-0.1, -0.05) is 12.1 Å². The Labute approximate surface area is 149 Å². The van der Waals surface area contributed by atoms with Crippen LogP contribution in [0.25, 0.3) is 10.6 Å². The Kier molecular flexibility index (Phi) is 5.40. The van der Waals surface area contributed by atoms with E-state index in [4.69, 9.17) is 0 Å². The van der Waals surface area contributed by atoms with Gasteiger partial charge in [0.1, 0.15) is 10.7 Å². The fraction of sp³-hybridized carbons (Fsp3) is 0.412. The van der Waals surface area contributed by atoms with Crippen LogP contribution in [0, 0.1) is 16.0 Å². The molecule has 1 aliphatic heterocycles. The summed E-state index contributed by atoms with van der Waals surface area (Å²) in [6.07, 6.45) is 2.13.